The predicted molar refractivity (Wildman–Crippen MR) is 85.9 cm³/mol. The molecule has 0 bridgehead atoms. The summed E-state index contributed by atoms with van der Waals surface area (Å²) in [6.45, 7) is -0.111. The molecule has 0 saturated heterocycles. The number of nitrogens with zero attached hydrogens (tertiary/aromatic N) is 2. The lowest BCUT2D eigenvalue weighted by atomic mass is 10.2. The highest BCUT2D eigenvalue weighted by Crippen LogP contribution is 2.23. The van der Waals surface area contributed by atoms with Crippen LogP contribution in [0.25, 0.3) is 10.7 Å². The van der Waals surface area contributed by atoms with Crippen LogP contribution >= 0.6 is 38.9 Å². The van der Waals surface area contributed by atoms with Gasteiger partial charge in [0.25, 0.3) is 5.89 Å². The number of halogens is 2. The van der Waals surface area contributed by atoms with Gasteiger partial charge in [-0.15, -0.1) is 11.3 Å². The molecule has 0 amide bonds. The van der Waals surface area contributed by atoms with Crippen molar-refractivity contribution in [3.05, 3.63) is 56.7 Å². The van der Waals surface area contributed by atoms with Crippen molar-refractivity contribution in [2.24, 2.45) is 0 Å². The number of hydrogen-bond acceptors (Lipinski definition) is 6. The minimum Gasteiger partial charge on any atom is -0.452 e. The number of benzene rings is 1. The molecule has 1 aromatic carbocycles. The van der Waals surface area contributed by atoms with Crippen LogP contribution in [-0.2, 0) is 11.3 Å². The van der Waals surface area contributed by atoms with Crippen LogP contribution in [0.4, 0.5) is 0 Å². The molecule has 0 saturated carbocycles. The summed E-state index contributed by atoms with van der Waals surface area (Å²) >= 11 is 10.8. The summed E-state index contributed by atoms with van der Waals surface area (Å²) in [5, 5.41) is 6.08. The summed E-state index contributed by atoms with van der Waals surface area (Å²) in [6.07, 6.45) is 0. The molecule has 8 heteroatoms. The minimum absolute atomic E-state index is 0.111. The standard InChI is InChI=1S/C14H8BrClN2O3S/c15-8-3-4-10(16)9(6-8)14(19)20-7-12-17-13(18-21-12)11-2-1-5-22-11/h1-6H,7H2. The Labute approximate surface area is 143 Å². The van der Waals surface area contributed by atoms with Gasteiger partial charge in [0.2, 0.25) is 5.82 Å². The van der Waals surface area contributed by atoms with Gasteiger partial charge in [-0.05, 0) is 29.6 Å². The van der Waals surface area contributed by atoms with Crippen LogP contribution in [0.1, 0.15) is 16.2 Å². The fraction of sp³-hybridized carbons (Fsp3) is 0.0714. The maximum absolute atomic E-state index is 12.0. The zero-order valence-corrected chi connectivity index (χ0v) is 14.1. The summed E-state index contributed by atoms with van der Waals surface area (Å²) in [5.74, 6) is 0.145. The first kappa shape index (κ1) is 15.2. The molecule has 0 N–H and O–H groups in total. The van der Waals surface area contributed by atoms with Crippen molar-refractivity contribution in [2.45, 2.75) is 6.61 Å². The van der Waals surface area contributed by atoms with E-state index in [1.807, 2.05) is 17.5 Å². The lowest BCUT2D eigenvalue weighted by molar-refractivity contribution is 0.0430. The summed E-state index contributed by atoms with van der Waals surface area (Å²) in [6, 6.07) is 8.72. The Morgan fingerprint density at radius 1 is 1.41 bits per heavy atom. The average Bonchev–Trinajstić information content (AvgIpc) is 3.17. The van der Waals surface area contributed by atoms with E-state index in [1.54, 1.807) is 18.2 Å². The van der Waals surface area contributed by atoms with Crippen molar-refractivity contribution in [3.63, 3.8) is 0 Å². The Kier molecular flexibility index (Phi) is 4.56. The van der Waals surface area contributed by atoms with Crippen molar-refractivity contribution in [2.75, 3.05) is 0 Å². The second-order valence-electron chi connectivity index (χ2n) is 4.19. The lowest BCUT2D eigenvalue weighted by Crippen LogP contribution is -2.06. The first-order valence-electron chi connectivity index (χ1n) is 6.12. The smallest absolute Gasteiger partial charge is 0.340 e. The molecule has 0 radical (unpaired) electrons. The van der Waals surface area contributed by atoms with E-state index < -0.39 is 5.97 Å². The molecule has 0 spiro atoms. The number of rotatable bonds is 4. The summed E-state index contributed by atoms with van der Waals surface area (Å²) in [4.78, 5) is 17.1. The molecule has 0 fully saturated rings. The van der Waals surface area contributed by atoms with Gasteiger partial charge < -0.3 is 9.26 Å². The van der Waals surface area contributed by atoms with E-state index in [0.717, 1.165) is 9.35 Å². The number of carbonyl (C=O) groups is 1. The van der Waals surface area contributed by atoms with Crippen LogP contribution in [0, 0.1) is 0 Å². The number of hydrogen-bond donors (Lipinski definition) is 0. The third-order valence-electron chi connectivity index (χ3n) is 2.68. The van der Waals surface area contributed by atoms with Gasteiger partial charge in [-0.2, -0.15) is 4.98 Å². The van der Waals surface area contributed by atoms with Crippen LogP contribution in [-0.4, -0.2) is 16.1 Å². The largest absolute Gasteiger partial charge is 0.452 e. The fourth-order valence-corrected chi connectivity index (χ4v) is 2.88. The van der Waals surface area contributed by atoms with Gasteiger partial charge in [-0.25, -0.2) is 4.79 Å². The predicted octanol–water partition coefficient (Wildman–Crippen LogP) is 4.57. The van der Waals surface area contributed by atoms with Crippen LogP contribution in [0.5, 0.6) is 0 Å². The second-order valence-corrected chi connectivity index (χ2v) is 6.46. The highest BCUT2D eigenvalue weighted by molar-refractivity contribution is 9.10. The molecule has 0 aliphatic rings. The van der Waals surface area contributed by atoms with E-state index in [2.05, 4.69) is 26.1 Å². The highest BCUT2D eigenvalue weighted by atomic mass is 79.9. The highest BCUT2D eigenvalue weighted by Gasteiger charge is 2.15. The van der Waals surface area contributed by atoms with Crippen molar-refractivity contribution < 1.29 is 14.1 Å². The molecule has 0 unspecified atom stereocenters. The van der Waals surface area contributed by atoms with Gasteiger partial charge in [0.15, 0.2) is 6.61 Å². The molecule has 0 aliphatic heterocycles. The van der Waals surface area contributed by atoms with E-state index in [4.69, 9.17) is 20.9 Å². The average molecular weight is 400 g/mol. The zero-order chi connectivity index (χ0) is 15.5. The summed E-state index contributed by atoms with van der Waals surface area (Å²) in [5.41, 5.74) is 0.272. The quantitative estimate of drug-likeness (QED) is 0.601. The van der Waals surface area contributed by atoms with Gasteiger partial charge >= 0.3 is 5.97 Å². The van der Waals surface area contributed by atoms with Gasteiger partial charge in [-0.1, -0.05) is 38.8 Å². The molecule has 112 valence electrons. The first-order valence-corrected chi connectivity index (χ1v) is 8.17. The molecule has 5 nitrogen and oxygen atoms in total. The second kappa shape index (κ2) is 6.60. The van der Waals surface area contributed by atoms with Crippen LogP contribution in [0.15, 0.2) is 44.7 Å². The van der Waals surface area contributed by atoms with Crippen LogP contribution in [0.2, 0.25) is 5.02 Å². The zero-order valence-electron chi connectivity index (χ0n) is 11.0. The monoisotopic (exact) mass is 398 g/mol. The number of thiophene rings is 1. The van der Waals surface area contributed by atoms with E-state index in [-0.39, 0.29) is 18.1 Å². The third kappa shape index (κ3) is 3.37. The van der Waals surface area contributed by atoms with Crippen molar-refractivity contribution in [1.29, 1.82) is 0 Å². The molecular formula is C14H8BrClN2O3S. The summed E-state index contributed by atoms with van der Waals surface area (Å²) < 4.78 is 10.9. The van der Waals surface area contributed by atoms with E-state index >= 15 is 0 Å². The molecule has 0 atom stereocenters. The number of ether oxygens (including phenoxy) is 1. The Hall–Kier alpha value is -1.70. The lowest BCUT2D eigenvalue weighted by Gasteiger charge is -2.04. The Morgan fingerprint density at radius 3 is 3.05 bits per heavy atom. The molecule has 2 aromatic heterocycles. The maximum atomic E-state index is 12.0. The first-order chi connectivity index (χ1) is 10.6. The van der Waals surface area contributed by atoms with E-state index in [1.165, 1.54) is 11.3 Å². The third-order valence-corrected chi connectivity index (χ3v) is 4.37. The number of carbonyl (C=O) groups excluding carboxylic acids is 1. The molecule has 0 aliphatic carbocycles. The normalized spacial score (nSPS) is 10.6. The van der Waals surface area contributed by atoms with Crippen LogP contribution < -0.4 is 0 Å². The Bertz CT molecular complexity index is 804. The Balaban J connectivity index is 1.67. The summed E-state index contributed by atoms with van der Waals surface area (Å²) in [7, 11) is 0. The number of esters is 1. The molecule has 3 rings (SSSR count). The van der Waals surface area contributed by atoms with Gasteiger partial charge in [0.1, 0.15) is 0 Å². The fourth-order valence-electron chi connectivity index (χ4n) is 1.68. The van der Waals surface area contributed by atoms with Crippen molar-refractivity contribution in [3.8, 4) is 10.7 Å². The molecule has 2 heterocycles. The molecular weight excluding hydrogens is 392 g/mol. The van der Waals surface area contributed by atoms with Crippen LogP contribution in [0.3, 0.4) is 0 Å². The number of aromatic nitrogens is 2. The minimum atomic E-state index is -0.554. The molecule has 3 aromatic rings. The Morgan fingerprint density at radius 2 is 2.27 bits per heavy atom. The molecule has 22 heavy (non-hydrogen) atoms. The van der Waals surface area contributed by atoms with Gasteiger partial charge in [0, 0.05) is 4.47 Å². The van der Waals surface area contributed by atoms with E-state index in [9.17, 15) is 4.79 Å². The van der Waals surface area contributed by atoms with Gasteiger partial charge in [-0.3, -0.25) is 0 Å². The maximum Gasteiger partial charge on any atom is 0.340 e. The van der Waals surface area contributed by atoms with Crippen molar-refractivity contribution >= 4 is 44.8 Å². The SMILES string of the molecule is O=C(OCc1nc(-c2cccs2)no1)c1cc(Br)ccc1Cl. The topological polar surface area (TPSA) is 65.2 Å². The van der Waals surface area contributed by atoms with E-state index in [0.29, 0.717) is 10.8 Å². The van der Waals surface area contributed by atoms with Crippen molar-refractivity contribution in [1.82, 2.24) is 10.1 Å². The van der Waals surface area contributed by atoms with Gasteiger partial charge in [0.05, 0.1) is 15.5 Å².